The zero-order valence-electron chi connectivity index (χ0n) is 9.13. The number of nitrogens with zero attached hydrogens (tertiary/aromatic N) is 1. The molecule has 0 fully saturated rings. The molecule has 0 aliphatic heterocycles. The van der Waals surface area contributed by atoms with Gasteiger partial charge in [-0.25, -0.2) is 0 Å². The Balaban J connectivity index is 2.04. The van der Waals surface area contributed by atoms with Crippen LogP contribution in [0.4, 0.5) is 5.69 Å². The lowest BCUT2D eigenvalue weighted by Gasteiger charge is -2.13. The third-order valence-electron chi connectivity index (χ3n) is 2.50. The Bertz CT molecular complexity index is 448. The van der Waals surface area contributed by atoms with E-state index in [2.05, 4.69) is 5.32 Å². The minimum absolute atomic E-state index is 0.0117. The molecule has 0 unspecified atom stereocenters. The van der Waals surface area contributed by atoms with E-state index in [9.17, 15) is 4.79 Å². The highest BCUT2D eigenvalue weighted by Crippen LogP contribution is 2.11. The molecule has 0 radical (unpaired) electrons. The Morgan fingerprint density at radius 3 is 2.38 bits per heavy atom. The quantitative estimate of drug-likeness (QED) is 0.837. The van der Waals surface area contributed by atoms with E-state index in [4.69, 9.17) is 0 Å². The van der Waals surface area contributed by atoms with Crippen molar-refractivity contribution in [3.63, 3.8) is 0 Å². The van der Waals surface area contributed by atoms with Crippen LogP contribution in [0.5, 0.6) is 0 Å². The normalized spacial score (nSPS) is 12.1. The fraction of sp³-hybridized carbons (Fsp3) is 0.154. The highest BCUT2D eigenvalue weighted by Gasteiger charge is 2.13. The summed E-state index contributed by atoms with van der Waals surface area (Å²) in [5.74, 6) is -0.0117. The van der Waals surface area contributed by atoms with E-state index in [1.165, 1.54) is 0 Å². The Morgan fingerprint density at radius 2 is 1.75 bits per heavy atom. The number of benzene rings is 1. The average Bonchev–Trinajstić information content (AvgIpc) is 2.83. The van der Waals surface area contributed by atoms with Crippen LogP contribution in [0, 0.1) is 0 Å². The van der Waals surface area contributed by atoms with Crippen LogP contribution in [0.25, 0.3) is 0 Å². The minimum Gasteiger partial charge on any atom is -0.342 e. The number of carbonyl (C=O) groups excluding carboxylic acids is 1. The van der Waals surface area contributed by atoms with E-state index in [1.807, 2.05) is 66.3 Å². The molecule has 3 heteroatoms. The Morgan fingerprint density at radius 1 is 1.12 bits per heavy atom. The highest BCUT2D eigenvalue weighted by atomic mass is 16.2. The molecule has 0 saturated heterocycles. The van der Waals surface area contributed by atoms with Crippen LogP contribution in [0.3, 0.4) is 0 Å². The lowest BCUT2D eigenvalue weighted by molar-refractivity contribution is -0.118. The molecule has 0 spiro atoms. The van der Waals surface area contributed by atoms with E-state index in [0.29, 0.717) is 0 Å². The van der Waals surface area contributed by atoms with Gasteiger partial charge in [-0.1, -0.05) is 18.2 Å². The van der Waals surface area contributed by atoms with Gasteiger partial charge in [-0.05, 0) is 31.2 Å². The molecule has 1 N–H and O–H groups in total. The Hall–Kier alpha value is -2.03. The third-order valence-corrected chi connectivity index (χ3v) is 2.50. The summed E-state index contributed by atoms with van der Waals surface area (Å²) in [4.78, 5) is 11.9. The molecule has 3 nitrogen and oxygen atoms in total. The number of hydrogen-bond donors (Lipinski definition) is 1. The molecule has 0 saturated carbocycles. The molecule has 16 heavy (non-hydrogen) atoms. The minimum atomic E-state index is -0.199. The van der Waals surface area contributed by atoms with Crippen molar-refractivity contribution >= 4 is 11.6 Å². The molecule has 1 atom stereocenters. The fourth-order valence-corrected chi connectivity index (χ4v) is 1.51. The maximum Gasteiger partial charge on any atom is 0.247 e. The van der Waals surface area contributed by atoms with Gasteiger partial charge < -0.3 is 9.88 Å². The number of hydrogen-bond acceptors (Lipinski definition) is 1. The fourth-order valence-electron chi connectivity index (χ4n) is 1.51. The van der Waals surface area contributed by atoms with Crippen LogP contribution in [0.1, 0.15) is 13.0 Å². The monoisotopic (exact) mass is 214 g/mol. The van der Waals surface area contributed by atoms with Crippen molar-refractivity contribution in [2.24, 2.45) is 0 Å². The summed E-state index contributed by atoms with van der Waals surface area (Å²) in [5, 5.41) is 2.87. The van der Waals surface area contributed by atoms with Gasteiger partial charge in [-0.15, -0.1) is 0 Å². The van der Waals surface area contributed by atoms with Crippen molar-refractivity contribution in [3.8, 4) is 0 Å². The third kappa shape index (κ3) is 2.31. The summed E-state index contributed by atoms with van der Waals surface area (Å²) in [6, 6.07) is 13.1. The van der Waals surface area contributed by atoms with Crippen molar-refractivity contribution in [3.05, 3.63) is 54.9 Å². The summed E-state index contributed by atoms with van der Waals surface area (Å²) in [5.41, 5.74) is 0.825. The zero-order valence-corrected chi connectivity index (χ0v) is 9.13. The molecule has 1 aromatic heterocycles. The first-order valence-corrected chi connectivity index (χ1v) is 5.26. The Labute approximate surface area is 94.7 Å². The van der Waals surface area contributed by atoms with E-state index >= 15 is 0 Å². The molecule has 0 aliphatic rings. The lowest BCUT2D eigenvalue weighted by Crippen LogP contribution is -2.22. The van der Waals surface area contributed by atoms with E-state index < -0.39 is 0 Å². The van der Waals surface area contributed by atoms with Gasteiger partial charge in [0, 0.05) is 18.1 Å². The summed E-state index contributed by atoms with van der Waals surface area (Å²) in [6.07, 6.45) is 3.77. The van der Waals surface area contributed by atoms with Crippen LogP contribution < -0.4 is 5.32 Å². The topological polar surface area (TPSA) is 34.0 Å². The Kier molecular flexibility index (Phi) is 3.05. The van der Waals surface area contributed by atoms with E-state index in [1.54, 1.807) is 0 Å². The van der Waals surface area contributed by atoms with Gasteiger partial charge >= 0.3 is 0 Å². The molecule has 1 amide bonds. The summed E-state index contributed by atoms with van der Waals surface area (Å²) < 4.78 is 1.87. The predicted octanol–water partition coefficient (Wildman–Crippen LogP) is 2.69. The summed E-state index contributed by atoms with van der Waals surface area (Å²) >= 11 is 0. The zero-order chi connectivity index (χ0) is 11.4. The van der Waals surface area contributed by atoms with Gasteiger partial charge in [0.15, 0.2) is 0 Å². The van der Waals surface area contributed by atoms with Crippen LogP contribution in [-0.4, -0.2) is 10.5 Å². The van der Waals surface area contributed by atoms with Crippen molar-refractivity contribution in [1.29, 1.82) is 0 Å². The van der Waals surface area contributed by atoms with Gasteiger partial charge in [0.05, 0.1) is 0 Å². The van der Waals surface area contributed by atoms with Crippen molar-refractivity contribution in [2.75, 3.05) is 5.32 Å². The number of nitrogens with one attached hydrogen (secondary N) is 1. The van der Waals surface area contributed by atoms with Gasteiger partial charge in [-0.2, -0.15) is 0 Å². The second-order valence-electron chi connectivity index (χ2n) is 3.66. The number of anilines is 1. The molecule has 1 heterocycles. The smallest absolute Gasteiger partial charge is 0.247 e. The van der Waals surface area contributed by atoms with Crippen molar-refractivity contribution < 1.29 is 4.79 Å². The summed E-state index contributed by atoms with van der Waals surface area (Å²) in [6.45, 7) is 1.87. The first-order valence-electron chi connectivity index (χ1n) is 5.26. The van der Waals surface area contributed by atoms with Crippen LogP contribution in [0.2, 0.25) is 0 Å². The van der Waals surface area contributed by atoms with Crippen LogP contribution in [-0.2, 0) is 4.79 Å². The molecule has 0 aliphatic carbocycles. The molecule has 1 aromatic carbocycles. The molecular formula is C13H14N2O. The standard InChI is InChI=1S/C13H14N2O/c1-11(15-9-5-6-10-15)13(16)14-12-7-3-2-4-8-12/h2-11H,1H3,(H,14,16)/t11-/m0/s1. The first kappa shape index (κ1) is 10.5. The van der Waals surface area contributed by atoms with Gasteiger partial charge in [0.2, 0.25) is 5.91 Å². The van der Waals surface area contributed by atoms with E-state index in [0.717, 1.165) is 5.69 Å². The second kappa shape index (κ2) is 4.66. The maximum absolute atomic E-state index is 11.9. The molecule has 82 valence electrons. The number of carbonyl (C=O) groups is 1. The molecule has 2 aromatic rings. The predicted molar refractivity (Wildman–Crippen MR) is 64.2 cm³/mol. The number of aromatic nitrogens is 1. The van der Waals surface area contributed by atoms with Gasteiger partial charge in [-0.3, -0.25) is 4.79 Å². The van der Waals surface area contributed by atoms with Gasteiger partial charge in [0.1, 0.15) is 6.04 Å². The average molecular weight is 214 g/mol. The maximum atomic E-state index is 11.9. The van der Waals surface area contributed by atoms with Gasteiger partial charge in [0.25, 0.3) is 0 Å². The van der Waals surface area contributed by atoms with Crippen molar-refractivity contribution in [2.45, 2.75) is 13.0 Å². The van der Waals surface area contributed by atoms with Crippen LogP contribution in [0.15, 0.2) is 54.9 Å². The number of amides is 1. The van der Waals surface area contributed by atoms with Crippen molar-refractivity contribution in [1.82, 2.24) is 4.57 Å². The summed E-state index contributed by atoms with van der Waals surface area (Å²) in [7, 11) is 0. The second-order valence-corrected chi connectivity index (χ2v) is 3.66. The highest BCUT2D eigenvalue weighted by molar-refractivity contribution is 5.93. The number of rotatable bonds is 3. The lowest BCUT2D eigenvalue weighted by atomic mass is 10.2. The largest absolute Gasteiger partial charge is 0.342 e. The van der Waals surface area contributed by atoms with Crippen LogP contribution >= 0.6 is 0 Å². The van der Waals surface area contributed by atoms with E-state index in [-0.39, 0.29) is 11.9 Å². The SMILES string of the molecule is C[C@@H](C(=O)Nc1ccccc1)n1cccc1. The molecule has 0 bridgehead atoms. The molecule has 2 rings (SSSR count). The molecular weight excluding hydrogens is 200 g/mol. The number of para-hydroxylation sites is 1. The first-order chi connectivity index (χ1) is 7.77.